The van der Waals surface area contributed by atoms with Crippen molar-refractivity contribution < 1.29 is 95.6 Å². The third-order valence-corrected chi connectivity index (χ3v) is 12.3. The molecular weight excluding hydrogens is 850 g/mol. The summed E-state index contributed by atoms with van der Waals surface area (Å²) in [6, 6.07) is 2.80. The van der Waals surface area contributed by atoms with Crippen LogP contribution in [0.4, 0.5) is 0 Å². The van der Waals surface area contributed by atoms with Gasteiger partial charge in [-0.2, -0.15) is 0 Å². The molecule has 1 N–H and O–H groups in total. The van der Waals surface area contributed by atoms with Gasteiger partial charge in [-0.3, -0.25) is 33.8 Å². The number of fused-ring (bicyclic) bond motifs is 5. The van der Waals surface area contributed by atoms with Crippen molar-refractivity contribution in [2.45, 2.75) is 148 Å². The lowest BCUT2D eigenvalue weighted by molar-refractivity contribution is -0.387. The van der Waals surface area contributed by atoms with Crippen molar-refractivity contribution in [1.82, 2.24) is 4.98 Å². The summed E-state index contributed by atoms with van der Waals surface area (Å²) in [6.07, 6.45) is -10.7. The molecule has 64 heavy (non-hydrogen) atoms. The lowest BCUT2D eigenvalue weighted by atomic mass is 9.45. The first-order valence-electron chi connectivity index (χ1n) is 20.3. The van der Waals surface area contributed by atoms with Crippen molar-refractivity contribution in [1.29, 1.82) is 0 Å². The van der Waals surface area contributed by atoms with Crippen LogP contribution in [0.5, 0.6) is 0 Å². The predicted molar refractivity (Wildman–Crippen MR) is 210 cm³/mol. The highest BCUT2D eigenvalue weighted by Gasteiger charge is 2.92. The van der Waals surface area contributed by atoms with Gasteiger partial charge in [0.05, 0.1) is 17.2 Å². The Morgan fingerprint density at radius 3 is 1.92 bits per heavy atom. The van der Waals surface area contributed by atoms with Gasteiger partial charge in [0.15, 0.2) is 30.0 Å². The largest absolute Gasteiger partial charge is 0.465 e. The minimum absolute atomic E-state index is 0.00913. The van der Waals surface area contributed by atoms with E-state index in [1.807, 2.05) is 0 Å². The molecule has 2 aliphatic carbocycles. The molecule has 5 rings (SSSR count). The minimum atomic E-state index is -2.99. The van der Waals surface area contributed by atoms with Gasteiger partial charge in [-0.1, -0.05) is 6.08 Å². The Hall–Kier alpha value is -5.96. The third kappa shape index (κ3) is 8.41. The van der Waals surface area contributed by atoms with Gasteiger partial charge in [0, 0.05) is 59.7 Å². The van der Waals surface area contributed by atoms with Crippen LogP contribution >= 0.6 is 0 Å². The number of nitrogens with zero attached hydrogens (tertiary/aromatic N) is 1. The first-order chi connectivity index (χ1) is 29.7. The minimum Gasteiger partial charge on any atom is -0.465 e. The lowest BCUT2D eigenvalue weighted by Crippen LogP contribution is -2.89. The van der Waals surface area contributed by atoms with Crippen molar-refractivity contribution in [2.75, 3.05) is 13.2 Å². The van der Waals surface area contributed by atoms with E-state index in [0.29, 0.717) is 0 Å². The summed E-state index contributed by atoms with van der Waals surface area (Å²) in [4.78, 5) is 127. The first-order valence-corrected chi connectivity index (χ1v) is 20.3. The molecule has 0 unspecified atom stereocenters. The molecule has 0 aromatic carbocycles. The Kier molecular flexibility index (Phi) is 13.7. The SMILES string of the molecule is C/C=C(\C)C(=O)O[C@H]1[C@@H]2[C@@H](OC(C)=O)[C@@]34O[C@@]2(C)COC(=O)c2cccnc2CC[C@@](C)(OC(C)=O)C(=O)O[C@@H]([C@H](OC(C)=O)[C@H](OC(C)=O)[C@@]3(COC(C)=O)[C@@H]1OC(C)=O)[C@]4(C)O. The Labute approximate surface area is 367 Å². The van der Waals surface area contributed by atoms with Gasteiger partial charge in [-0.25, -0.2) is 14.4 Å². The number of aliphatic hydroxyl groups is 1. The lowest BCUT2D eigenvalue weighted by Gasteiger charge is -2.67. The number of esters is 9. The maximum Gasteiger partial charge on any atom is 0.350 e. The molecule has 3 heterocycles. The van der Waals surface area contributed by atoms with Crippen LogP contribution in [0, 0.1) is 11.3 Å². The van der Waals surface area contributed by atoms with Crippen LogP contribution in [0.15, 0.2) is 30.0 Å². The molecule has 12 atom stereocenters. The Bertz CT molecular complexity index is 2150. The van der Waals surface area contributed by atoms with E-state index in [4.69, 9.17) is 47.4 Å². The molecule has 4 bridgehead atoms. The highest BCUT2D eigenvalue weighted by atomic mass is 16.7. The zero-order valence-electron chi connectivity index (χ0n) is 37.3. The average Bonchev–Trinajstić information content (AvgIpc) is 3.41. The summed E-state index contributed by atoms with van der Waals surface area (Å²) in [5, 5.41) is 13.6. The Morgan fingerprint density at radius 1 is 0.797 bits per heavy atom. The number of hydrogen-bond acceptors (Lipinski definition) is 21. The van der Waals surface area contributed by atoms with Crippen molar-refractivity contribution >= 4 is 53.7 Å². The molecule has 2 saturated carbocycles. The van der Waals surface area contributed by atoms with Crippen LogP contribution in [0.2, 0.25) is 0 Å². The fourth-order valence-electron chi connectivity index (χ4n) is 9.70. The molecule has 1 spiro atoms. The number of hydrogen-bond donors (Lipinski definition) is 1. The zero-order chi connectivity index (χ0) is 47.9. The van der Waals surface area contributed by atoms with Gasteiger partial charge in [0.25, 0.3) is 0 Å². The zero-order valence-corrected chi connectivity index (χ0v) is 37.3. The highest BCUT2D eigenvalue weighted by Crippen LogP contribution is 2.70. The van der Waals surface area contributed by atoms with E-state index in [1.54, 1.807) is 0 Å². The average molecular weight is 904 g/mol. The normalized spacial score (nSPS) is 35.7. The number of carbonyl (C=O) groups excluding carboxylic acids is 9. The van der Waals surface area contributed by atoms with Gasteiger partial charge >= 0.3 is 53.7 Å². The Balaban J connectivity index is 2.04. The maximum atomic E-state index is 14.8. The van der Waals surface area contributed by atoms with Crippen molar-refractivity contribution in [3.8, 4) is 0 Å². The van der Waals surface area contributed by atoms with Gasteiger partial charge in [-0.05, 0) is 53.2 Å². The first kappa shape index (κ1) is 49.1. The number of allylic oxidation sites excluding steroid dienone is 1. The van der Waals surface area contributed by atoms with Crippen LogP contribution in [-0.4, -0.2) is 136 Å². The van der Waals surface area contributed by atoms with E-state index in [-0.39, 0.29) is 23.3 Å². The van der Waals surface area contributed by atoms with Gasteiger partial charge in [-0.15, -0.1) is 0 Å². The summed E-state index contributed by atoms with van der Waals surface area (Å²) >= 11 is 0. The maximum absolute atomic E-state index is 14.8. The fourth-order valence-corrected chi connectivity index (χ4v) is 9.70. The van der Waals surface area contributed by atoms with E-state index in [0.717, 1.165) is 48.5 Å². The quantitative estimate of drug-likeness (QED) is 0.209. The van der Waals surface area contributed by atoms with E-state index >= 15 is 0 Å². The second-order valence-corrected chi connectivity index (χ2v) is 16.9. The van der Waals surface area contributed by atoms with E-state index in [1.165, 1.54) is 52.1 Å². The van der Waals surface area contributed by atoms with Gasteiger partial charge < -0.3 is 52.5 Å². The molecule has 2 aliphatic heterocycles. The third-order valence-electron chi connectivity index (χ3n) is 12.3. The van der Waals surface area contributed by atoms with Crippen LogP contribution < -0.4 is 0 Å². The number of aryl methyl sites for hydroxylation is 1. The molecule has 1 aromatic heterocycles. The Morgan fingerprint density at radius 2 is 1.38 bits per heavy atom. The molecule has 21 nitrogen and oxygen atoms in total. The number of pyridine rings is 1. The van der Waals surface area contributed by atoms with E-state index < -0.39 is 144 Å². The molecule has 0 amide bonds. The molecule has 1 saturated heterocycles. The predicted octanol–water partition coefficient (Wildman–Crippen LogP) is 1.49. The summed E-state index contributed by atoms with van der Waals surface area (Å²) in [6.45, 7) is 10.2. The summed E-state index contributed by atoms with van der Waals surface area (Å²) in [7, 11) is 0. The van der Waals surface area contributed by atoms with Crippen molar-refractivity contribution in [3.63, 3.8) is 0 Å². The van der Waals surface area contributed by atoms with Crippen LogP contribution in [0.3, 0.4) is 0 Å². The topological polar surface area (TPSA) is 279 Å². The second kappa shape index (κ2) is 17.9. The van der Waals surface area contributed by atoms with Crippen LogP contribution in [0.1, 0.15) is 98.6 Å². The molecule has 3 fully saturated rings. The molecule has 1 aromatic rings. The smallest absolute Gasteiger partial charge is 0.350 e. The standard InChI is InChI=1S/C43H53NO20/c1-12-20(2)36(51)61-30-29-32(58-23(5)47)43-41(11,54)33(31(57-22(4)46)35(60-25(7)49)42(43,19-55-21(3)45)34(30)59-24(6)48)62-38(53)39(9,63-26(8)50)16-15-28-27(14-13-17-44-28)37(52)56-18-40(29,10)64-43/h12-14,17,29-35,54H,15-16,18-19H2,1-11H3/b20-12+/t29-,30+,31+,32-,33+,34-,35+,39-,40+,41+,42-,43+/m1/s1. The van der Waals surface area contributed by atoms with Crippen LogP contribution in [0.25, 0.3) is 0 Å². The second-order valence-electron chi connectivity index (χ2n) is 16.9. The number of carbonyl (C=O) groups is 9. The molecular formula is C43H53NO20. The van der Waals surface area contributed by atoms with Crippen molar-refractivity contribution in [2.24, 2.45) is 11.3 Å². The number of aromatic nitrogens is 1. The fraction of sp³-hybridized carbons (Fsp3) is 0.628. The molecule has 4 aliphatic rings. The van der Waals surface area contributed by atoms with E-state index in [2.05, 4.69) is 4.98 Å². The summed E-state index contributed by atoms with van der Waals surface area (Å²) in [5.41, 5.74) is -13.1. The van der Waals surface area contributed by atoms with Gasteiger partial charge in [0.1, 0.15) is 42.0 Å². The summed E-state index contributed by atoms with van der Waals surface area (Å²) in [5.74, 6) is -11.5. The monoisotopic (exact) mass is 903 g/mol. The molecule has 0 radical (unpaired) electrons. The number of ether oxygens (including phenoxy) is 10. The number of cyclic esters (lactones) is 1. The van der Waals surface area contributed by atoms with Crippen molar-refractivity contribution in [3.05, 3.63) is 41.2 Å². The van der Waals surface area contributed by atoms with E-state index in [9.17, 15) is 48.3 Å². The number of rotatable bonds is 9. The van der Waals surface area contributed by atoms with Crippen LogP contribution in [-0.2, 0) is 92.1 Å². The molecule has 350 valence electrons. The van der Waals surface area contributed by atoms with Gasteiger partial charge in [0.2, 0.25) is 5.60 Å². The molecule has 21 heteroatoms. The highest BCUT2D eigenvalue weighted by molar-refractivity contribution is 5.91. The summed E-state index contributed by atoms with van der Waals surface area (Å²) < 4.78 is 60.6.